The molecular formula is C8H13N3O4. The first-order chi connectivity index (χ1) is 7.26. The highest BCUT2D eigenvalue weighted by molar-refractivity contribution is 5.87. The Morgan fingerprint density at radius 1 is 1.60 bits per heavy atom. The van der Waals surface area contributed by atoms with Gasteiger partial charge in [0.05, 0.1) is 12.7 Å². The first-order valence-corrected chi connectivity index (χ1v) is 4.27. The molecule has 84 valence electrons. The molecule has 0 atom stereocenters. The molecule has 2 amide bonds. The fraction of sp³-hybridized carbons (Fsp3) is 0.500. The first kappa shape index (κ1) is 11.5. The van der Waals surface area contributed by atoms with Crippen molar-refractivity contribution in [1.29, 1.82) is 0 Å². The van der Waals surface area contributed by atoms with Gasteiger partial charge in [-0.2, -0.15) is 0 Å². The van der Waals surface area contributed by atoms with Crippen molar-refractivity contribution >= 4 is 11.9 Å². The number of anilines is 1. The van der Waals surface area contributed by atoms with E-state index in [0.29, 0.717) is 0 Å². The van der Waals surface area contributed by atoms with Crippen LogP contribution in [0.1, 0.15) is 0 Å². The third-order valence-corrected chi connectivity index (χ3v) is 1.63. The fourth-order valence-corrected chi connectivity index (χ4v) is 0.875. The average molecular weight is 215 g/mol. The summed E-state index contributed by atoms with van der Waals surface area (Å²) >= 11 is 0. The average Bonchev–Trinajstić information content (AvgIpc) is 2.72. The molecule has 15 heavy (non-hydrogen) atoms. The van der Waals surface area contributed by atoms with E-state index >= 15 is 0 Å². The van der Waals surface area contributed by atoms with Gasteiger partial charge in [-0.15, -0.1) is 0 Å². The number of nitrogens with zero attached hydrogens (tertiary/aromatic N) is 1. The number of hydrogen-bond donors (Lipinski definition) is 2. The van der Waals surface area contributed by atoms with Gasteiger partial charge in [-0.1, -0.05) is 5.16 Å². The molecule has 7 nitrogen and oxygen atoms in total. The largest absolute Gasteiger partial charge is 0.354 e. The molecule has 0 saturated heterocycles. The van der Waals surface area contributed by atoms with Crippen LogP contribution in [0, 0.1) is 0 Å². The summed E-state index contributed by atoms with van der Waals surface area (Å²) in [6.07, 6.45) is 0.966. The van der Waals surface area contributed by atoms with E-state index in [1.165, 1.54) is 26.5 Å². The monoisotopic (exact) mass is 215 g/mol. The lowest BCUT2D eigenvalue weighted by Gasteiger charge is -2.13. The Kier molecular flexibility index (Phi) is 4.58. The highest BCUT2D eigenvalue weighted by Gasteiger charge is 2.08. The molecule has 0 saturated carbocycles. The van der Waals surface area contributed by atoms with Gasteiger partial charge >= 0.3 is 6.03 Å². The molecule has 0 aromatic carbocycles. The molecule has 0 aliphatic rings. The van der Waals surface area contributed by atoms with Gasteiger partial charge in [0.2, 0.25) is 5.88 Å². The lowest BCUT2D eigenvalue weighted by molar-refractivity contribution is -0.0970. The van der Waals surface area contributed by atoms with Gasteiger partial charge in [0.25, 0.3) is 0 Å². The molecule has 7 heteroatoms. The van der Waals surface area contributed by atoms with E-state index in [4.69, 9.17) is 9.47 Å². The van der Waals surface area contributed by atoms with Crippen LogP contribution >= 0.6 is 0 Å². The van der Waals surface area contributed by atoms with E-state index < -0.39 is 12.3 Å². The van der Waals surface area contributed by atoms with E-state index in [-0.39, 0.29) is 12.4 Å². The van der Waals surface area contributed by atoms with Crippen molar-refractivity contribution in [3.05, 3.63) is 12.3 Å². The van der Waals surface area contributed by atoms with Crippen molar-refractivity contribution in [1.82, 2.24) is 10.5 Å². The number of amides is 2. The minimum Gasteiger partial charge on any atom is -0.354 e. The summed E-state index contributed by atoms with van der Waals surface area (Å²) in [4.78, 5) is 11.2. The Hall–Kier alpha value is -1.60. The summed E-state index contributed by atoms with van der Waals surface area (Å²) in [5, 5.41) is 8.41. The lowest BCUT2D eigenvalue weighted by Crippen LogP contribution is -2.36. The van der Waals surface area contributed by atoms with Crippen LogP contribution in [0.25, 0.3) is 0 Å². The lowest BCUT2D eigenvalue weighted by atomic mass is 10.6. The molecular weight excluding hydrogens is 202 g/mol. The summed E-state index contributed by atoms with van der Waals surface area (Å²) < 4.78 is 14.4. The maximum atomic E-state index is 11.2. The van der Waals surface area contributed by atoms with Crippen molar-refractivity contribution < 1.29 is 18.8 Å². The zero-order valence-corrected chi connectivity index (χ0v) is 8.52. The Labute approximate surface area is 86.7 Å². The van der Waals surface area contributed by atoms with Gasteiger partial charge < -0.3 is 19.3 Å². The van der Waals surface area contributed by atoms with Gasteiger partial charge in [0.1, 0.15) is 0 Å². The van der Waals surface area contributed by atoms with Crippen molar-refractivity contribution in [3.63, 3.8) is 0 Å². The number of urea groups is 1. The molecule has 1 aromatic heterocycles. The van der Waals surface area contributed by atoms with Gasteiger partial charge in [0.15, 0.2) is 6.29 Å². The predicted molar refractivity (Wildman–Crippen MR) is 51.3 cm³/mol. The van der Waals surface area contributed by atoms with Crippen LogP contribution in [0.3, 0.4) is 0 Å². The third kappa shape index (κ3) is 3.96. The minimum absolute atomic E-state index is 0.243. The van der Waals surface area contributed by atoms with Crippen LogP contribution in [0.5, 0.6) is 0 Å². The molecule has 0 radical (unpaired) electrons. The minimum atomic E-state index is -0.467. The molecule has 1 heterocycles. The number of hydrogen-bond acceptors (Lipinski definition) is 5. The number of rotatable bonds is 5. The predicted octanol–water partition coefficient (Wildman–Crippen LogP) is 0.415. The van der Waals surface area contributed by atoms with E-state index in [9.17, 15) is 4.79 Å². The van der Waals surface area contributed by atoms with E-state index in [0.717, 1.165) is 0 Å². The van der Waals surface area contributed by atoms with Crippen LogP contribution < -0.4 is 10.6 Å². The zero-order chi connectivity index (χ0) is 11.1. The Morgan fingerprint density at radius 2 is 2.33 bits per heavy atom. The Morgan fingerprint density at radius 3 is 2.87 bits per heavy atom. The van der Waals surface area contributed by atoms with Crippen LogP contribution in [0.15, 0.2) is 16.8 Å². The molecule has 1 aromatic rings. The van der Waals surface area contributed by atoms with E-state index in [1.54, 1.807) is 0 Å². The van der Waals surface area contributed by atoms with E-state index in [2.05, 4.69) is 20.3 Å². The van der Waals surface area contributed by atoms with Crippen molar-refractivity contribution in [3.8, 4) is 0 Å². The summed E-state index contributed by atoms with van der Waals surface area (Å²) in [5.41, 5.74) is 0. The molecule has 0 bridgehead atoms. The second-order valence-electron chi connectivity index (χ2n) is 2.61. The quantitative estimate of drug-likeness (QED) is 0.695. The smallest absolute Gasteiger partial charge is 0.321 e. The number of carbonyl (C=O) groups excluding carboxylic acids is 1. The zero-order valence-electron chi connectivity index (χ0n) is 8.52. The summed E-state index contributed by atoms with van der Waals surface area (Å²) in [5.74, 6) is 0.277. The third-order valence-electron chi connectivity index (χ3n) is 1.63. The Bertz CT molecular complexity index is 284. The second-order valence-corrected chi connectivity index (χ2v) is 2.61. The van der Waals surface area contributed by atoms with Gasteiger partial charge in [-0.05, 0) is 0 Å². The first-order valence-electron chi connectivity index (χ1n) is 4.27. The molecule has 0 aliphatic carbocycles. The second kappa shape index (κ2) is 5.99. The van der Waals surface area contributed by atoms with Crippen molar-refractivity contribution in [2.45, 2.75) is 6.29 Å². The Balaban J connectivity index is 2.24. The maximum absolute atomic E-state index is 11.2. The van der Waals surface area contributed by atoms with Crippen LogP contribution in [0.2, 0.25) is 0 Å². The number of aromatic nitrogens is 1. The summed E-state index contributed by atoms with van der Waals surface area (Å²) in [6.45, 7) is 0.243. The molecule has 0 unspecified atom stereocenters. The molecule has 2 N–H and O–H groups in total. The van der Waals surface area contributed by atoms with Crippen LogP contribution in [-0.4, -0.2) is 38.2 Å². The van der Waals surface area contributed by atoms with Crippen molar-refractivity contribution in [2.24, 2.45) is 0 Å². The van der Waals surface area contributed by atoms with Crippen LogP contribution in [-0.2, 0) is 9.47 Å². The molecule has 0 fully saturated rings. The molecule has 0 aliphatic heterocycles. The maximum Gasteiger partial charge on any atom is 0.321 e. The number of ether oxygens (including phenoxy) is 2. The summed E-state index contributed by atoms with van der Waals surface area (Å²) in [6, 6.07) is 1.12. The number of nitrogens with one attached hydrogen (secondary N) is 2. The topological polar surface area (TPSA) is 85.6 Å². The van der Waals surface area contributed by atoms with Crippen LogP contribution in [0.4, 0.5) is 10.7 Å². The molecule has 0 spiro atoms. The highest BCUT2D eigenvalue weighted by Crippen LogP contribution is 2.02. The van der Waals surface area contributed by atoms with Crippen molar-refractivity contribution in [2.75, 3.05) is 26.1 Å². The SMILES string of the molecule is COC(CNC(=O)Nc1ccno1)OC. The van der Waals surface area contributed by atoms with Gasteiger partial charge in [0, 0.05) is 20.3 Å². The summed E-state index contributed by atoms with van der Waals surface area (Å²) in [7, 11) is 2.98. The fourth-order valence-electron chi connectivity index (χ4n) is 0.875. The standard InChI is InChI=1S/C8H13N3O4/c1-13-7(14-2)5-9-8(12)11-6-3-4-10-15-6/h3-4,7H,5H2,1-2H3,(H2,9,11,12). The number of methoxy groups -OCH3 is 2. The number of carbonyl (C=O) groups is 1. The highest BCUT2D eigenvalue weighted by atomic mass is 16.7. The molecule has 1 rings (SSSR count). The van der Waals surface area contributed by atoms with Gasteiger partial charge in [-0.3, -0.25) is 5.32 Å². The van der Waals surface area contributed by atoms with Gasteiger partial charge in [-0.25, -0.2) is 4.79 Å². The normalized spacial score (nSPS) is 10.3. The van der Waals surface area contributed by atoms with E-state index in [1.807, 2.05) is 0 Å².